The van der Waals surface area contributed by atoms with E-state index in [0.29, 0.717) is 34.3 Å². The van der Waals surface area contributed by atoms with Gasteiger partial charge in [0.05, 0.1) is 30.0 Å². The quantitative estimate of drug-likeness (QED) is 0.791. The Kier molecular flexibility index (Phi) is 4.34. The van der Waals surface area contributed by atoms with Gasteiger partial charge in [0.25, 0.3) is 5.91 Å². The molecular formula is C17H17NO4S. The van der Waals surface area contributed by atoms with Crippen LogP contribution < -0.4 is 9.47 Å². The van der Waals surface area contributed by atoms with Crippen LogP contribution in [0.1, 0.15) is 26.3 Å². The van der Waals surface area contributed by atoms with Gasteiger partial charge in [-0.2, -0.15) is 0 Å². The summed E-state index contributed by atoms with van der Waals surface area (Å²) >= 11 is 1.24. The van der Waals surface area contributed by atoms with Gasteiger partial charge in [-0.25, -0.2) is 0 Å². The van der Waals surface area contributed by atoms with Crippen molar-refractivity contribution in [2.45, 2.75) is 13.0 Å². The molecule has 1 aliphatic rings. The second kappa shape index (κ2) is 6.42. The third kappa shape index (κ3) is 3.22. The van der Waals surface area contributed by atoms with Gasteiger partial charge in [-0.05, 0) is 31.2 Å². The molecule has 1 amide bonds. The van der Waals surface area contributed by atoms with Crippen molar-refractivity contribution in [2.24, 2.45) is 0 Å². The number of ketones is 1. The number of amides is 1. The fourth-order valence-electron chi connectivity index (χ4n) is 2.37. The molecule has 0 atom stereocenters. The van der Waals surface area contributed by atoms with E-state index in [1.54, 1.807) is 24.1 Å². The lowest BCUT2D eigenvalue weighted by Gasteiger charge is -2.38. The van der Waals surface area contributed by atoms with Crippen LogP contribution in [0.4, 0.5) is 0 Å². The average Bonchev–Trinajstić information content (AvgIpc) is 3.00. The van der Waals surface area contributed by atoms with E-state index in [-0.39, 0.29) is 17.8 Å². The zero-order valence-corrected chi connectivity index (χ0v) is 13.8. The molecule has 0 saturated carbocycles. The predicted molar refractivity (Wildman–Crippen MR) is 87.6 cm³/mol. The molecule has 6 heteroatoms. The number of carbonyl (C=O) groups excluding carboxylic acids is 2. The van der Waals surface area contributed by atoms with Gasteiger partial charge in [0.15, 0.2) is 17.3 Å². The van der Waals surface area contributed by atoms with E-state index in [1.807, 2.05) is 24.3 Å². The Morgan fingerprint density at radius 3 is 2.35 bits per heavy atom. The number of methoxy groups -OCH3 is 1. The van der Waals surface area contributed by atoms with Gasteiger partial charge in [0.2, 0.25) is 0 Å². The zero-order chi connectivity index (χ0) is 16.4. The monoisotopic (exact) mass is 331 g/mol. The minimum absolute atomic E-state index is 0.0185. The molecule has 0 aliphatic carbocycles. The highest BCUT2D eigenvalue weighted by Gasteiger charge is 2.34. The van der Waals surface area contributed by atoms with Crippen LogP contribution >= 0.6 is 11.3 Å². The van der Waals surface area contributed by atoms with Crippen LogP contribution in [-0.2, 0) is 0 Å². The molecule has 1 aromatic heterocycles. The van der Waals surface area contributed by atoms with Crippen LogP contribution in [0.2, 0.25) is 0 Å². The Morgan fingerprint density at radius 1 is 1.09 bits per heavy atom. The molecule has 2 aromatic rings. The third-order valence-electron chi connectivity index (χ3n) is 3.66. The van der Waals surface area contributed by atoms with Gasteiger partial charge in [-0.15, -0.1) is 11.3 Å². The summed E-state index contributed by atoms with van der Waals surface area (Å²) in [5, 5.41) is 0. The molecule has 0 bridgehead atoms. The maximum Gasteiger partial charge on any atom is 0.264 e. The number of carbonyl (C=O) groups is 2. The smallest absolute Gasteiger partial charge is 0.264 e. The molecular weight excluding hydrogens is 314 g/mol. The summed E-state index contributed by atoms with van der Waals surface area (Å²) in [7, 11) is 1.60. The summed E-state index contributed by atoms with van der Waals surface area (Å²) in [6.45, 7) is 2.56. The van der Waals surface area contributed by atoms with E-state index in [0.717, 1.165) is 0 Å². The van der Waals surface area contributed by atoms with Gasteiger partial charge in [0.1, 0.15) is 6.10 Å². The molecule has 1 fully saturated rings. The number of Topliss-reactive ketones (excluding diaryl/α,β-unsaturated/α-hetero) is 1. The topological polar surface area (TPSA) is 55.8 Å². The van der Waals surface area contributed by atoms with Crippen molar-refractivity contribution in [3.05, 3.63) is 46.2 Å². The van der Waals surface area contributed by atoms with E-state index in [1.165, 1.54) is 18.3 Å². The second-order valence-corrected chi connectivity index (χ2v) is 6.40. The van der Waals surface area contributed by atoms with Gasteiger partial charge < -0.3 is 14.4 Å². The lowest BCUT2D eigenvalue weighted by molar-refractivity contribution is 0.0172. The van der Waals surface area contributed by atoms with Crippen molar-refractivity contribution < 1.29 is 19.1 Å². The number of rotatable bonds is 5. The Hall–Kier alpha value is -2.34. The van der Waals surface area contributed by atoms with Crippen LogP contribution in [0, 0.1) is 0 Å². The lowest BCUT2D eigenvalue weighted by atomic mass is 10.1. The number of ether oxygens (including phenoxy) is 2. The number of benzene rings is 1. The molecule has 3 rings (SSSR count). The molecule has 23 heavy (non-hydrogen) atoms. The van der Waals surface area contributed by atoms with E-state index in [2.05, 4.69) is 0 Å². The lowest BCUT2D eigenvalue weighted by Crippen LogP contribution is -2.56. The Balaban J connectivity index is 1.58. The Labute approximate surface area is 138 Å². The molecule has 0 N–H and O–H groups in total. The number of nitrogens with zero attached hydrogens (tertiary/aromatic N) is 1. The molecule has 0 radical (unpaired) electrons. The van der Waals surface area contributed by atoms with Crippen molar-refractivity contribution in [1.82, 2.24) is 4.90 Å². The summed E-state index contributed by atoms with van der Waals surface area (Å²) in [6.07, 6.45) is -0.0394. The fourth-order valence-corrected chi connectivity index (χ4v) is 3.24. The average molecular weight is 331 g/mol. The molecule has 120 valence electrons. The first kappa shape index (κ1) is 15.6. The van der Waals surface area contributed by atoms with Crippen LogP contribution in [0.15, 0.2) is 36.4 Å². The predicted octanol–water partition coefficient (Wildman–Crippen LogP) is 2.86. The Morgan fingerprint density at radius 2 is 1.74 bits per heavy atom. The van der Waals surface area contributed by atoms with E-state index < -0.39 is 0 Å². The third-order valence-corrected chi connectivity index (χ3v) is 4.84. The number of hydrogen-bond acceptors (Lipinski definition) is 5. The fraction of sp³-hybridized carbons (Fsp3) is 0.294. The minimum atomic E-state index is -0.0534. The van der Waals surface area contributed by atoms with E-state index in [9.17, 15) is 9.59 Å². The molecule has 0 unspecified atom stereocenters. The van der Waals surface area contributed by atoms with Crippen LogP contribution in [0.25, 0.3) is 0 Å². The van der Waals surface area contributed by atoms with E-state index in [4.69, 9.17) is 9.47 Å². The highest BCUT2D eigenvalue weighted by Crippen LogP contribution is 2.29. The molecule has 0 spiro atoms. The largest absolute Gasteiger partial charge is 0.493 e. The van der Waals surface area contributed by atoms with Gasteiger partial charge in [-0.3, -0.25) is 9.59 Å². The van der Waals surface area contributed by atoms with Gasteiger partial charge >= 0.3 is 0 Å². The maximum atomic E-state index is 12.3. The normalized spacial score (nSPS) is 14.3. The summed E-state index contributed by atoms with van der Waals surface area (Å²) < 4.78 is 11.1. The second-order valence-electron chi connectivity index (χ2n) is 5.32. The molecule has 1 aliphatic heterocycles. The number of para-hydroxylation sites is 2. The van der Waals surface area contributed by atoms with Crippen LogP contribution in [0.3, 0.4) is 0 Å². The van der Waals surface area contributed by atoms with Crippen molar-refractivity contribution in [1.29, 1.82) is 0 Å². The zero-order valence-electron chi connectivity index (χ0n) is 12.9. The van der Waals surface area contributed by atoms with Gasteiger partial charge in [0, 0.05) is 0 Å². The maximum absolute atomic E-state index is 12.3. The van der Waals surface area contributed by atoms with Crippen molar-refractivity contribution >= 4 is 23.0 Å². The molecule has 1 saturated heterocycles. The summed E-state index contributed by atoms with van der Waals surface area (Å²) in [6, 6.07) is 10.9. The van der Waals surface area contributed by atoms with Gasteiger partial charge in [-0.1, -0.05) is 12.1 Å². The van der Waals surface area contributed by atoms with Crippen molar-refractivity contribution in [3.63, 3.8) is 0 Å². The summed E-state index contributed by atoms with van der Waals surface area (Å²) in [4.78, 5) is 26.5. The van der Waals surface area contributed by atoms with Crippen molar-refractivity contribution in [3.8, 4) is 11.5 Å². The standard InChI is InChI=1S/C17H17NO4S/c1-11(19)15-7-8-16(23-15)17(20)18-9-12(10-18)22-14-6-4-3-5-13(14)21-2/h3-8,12H,9-10H2,1-2H3. The van der Waals surface area contributed by atoms with Crippen molar-refractivity contribution in [2.75, 3.05) is 20.2 Å². The summed E-state index contributed by atoms with van der Waals surface area (Å²) in [5.74, 6) is 1.29. The number of hydrogen-bond donors (Lipinski definition) is 0. The Bertz CT molecular complexity index is 734. The molecule has 1 aromatic carbocycles. The van der Waals surface area contributed by atoms with E-state index >= 15 is 0 Å². The van der Waals surface area contributed by atoms with Crippen LogP contribution in [0.5, 0.6) is 11.5 Å². The SMILES string of the molecule is COc1ccccc1OC1CN(C(=O)c2ccc(C(C)=O)s2)C1. The highest BCUT2D eigenvalue weighted by atomic mass is 32.1. The molecule has 2 heterocycles. The minimum Gasteiger partial charge on any atom is -0.493 e. The first-order valence-electron chi connectivity index (χ1n) is 7.28. The molecule has 5 nitrogen and oxygen atoms in total. The first-order chi connectivity index (χ1) is 11.1. The first-order valence-corrected chi connectivity index (χ1v) is 8.10. The highest BCUT2D eigenvalue weighted by molar-refractivity contribution is 7.15. The number of thiophene rings is 1. The van der Waals surface area contributed by atoms with Crippen LogP contribution in [-0.4, -0.2) is 42.9 Å². The summed E-state index contributed by atoms with van der Waals surface area (Å²) in [5.41, 5.74) is 0. The number of likely N-dealkylation sites (tertiary alicyclic amines) is 1.